The van der Waals surface area contributed by atoms with E-state index in [-0.39, 0.29) is 17.1 Å². The van der Waals surface area contributed by atoms with Gasteiger partial charge in [0, 0.05) is 17.1 Å². The molecule has 0 N–H and O–H groups in total. The van der Waals surface area contributed by atoms with Crippen molar-refractivity contribution in [3.8, 4) is 0 Å². The summed E-state index contributed by atoms with van der Waals surface area (Å²) >= 11 is 0. The van der Waals surface area contributed by atoms with E-state index in [1.807, 2.05) is 0 Å². The first-order valence-corrected chi connectivity index (χ1v) is 3.33. The fourth-order valence-corrected chi connectivity index (χ4v) is 0.898. The van der Waals surface area contributed by atoms with Crippen LogP contribution in [0.4, 0.5) is 0 Å². The van der Waals surface area contributed by atoms with E-state index >= 15 is 0 Å². The molecule has 0 amide bonds. The van der Waals surface area contributed by atoms with E-state index in [9.17, 15) is 0 Å². The maximum Gasteiger partial charge on any atom is 0 e. The minimum absolute atomic E-state index is 0. The van der Waals surface area contributed by atoms with Crippen molar-refractivity contribution in [2.75, 3.05) is 0 Å². The third-order valence-corrected chi connectivity index (χ3v) is 1.44. The number of hydrogen-bond donors (Lipinski definition) is 0. The van der Waals surface area contributed by atoms with Crippen molar-refractivity contribution < 1.29 is 31.1 Å². The Balaban J connectivity index is -0.000000182. The third kappa shape index (κ3) is 6.67. The topological polar surface area (TPSA) is 83.5 Å². The molecule has 15 heavy (non-hydrogen) atoms. The molecule has 76 valence electrons. The third-order valence-electron chi connectivity index (χ3n) is 1.44. The molecule has 0 spiro atoms. The maximum atomic E-state index is 7.50. The summed E-state index contributed by atoms with van der Waals surface area (Å²) in [6.45, 7) is 9.00. The first-order valence-electron chi connectivity index (χ1n) is 3.33. The summed E-state index contributed by atoms with van der Waals surface area (Å²) in [7, 11) is 0. The van der Waals surface area contributed by atoms with Crippen molar-refractivity contribution in [3.63, 3.8) is 0 Å². The Morgan fingerprint density at radius 1 is 0.800 bits per heavy atom. The normalized spacial score (nSPS) is 7.07. The fraction of sp³-hybridized carbons (Fsp3) is 0. The van der Waals surface area contributed by atoms with Crippen LogP contribution in [0.3, 0.4) is 0 Å². The van der Waals surface area contributed by atoms with Gasteiger partial charge in [0.05, 0.1) is 0 Å². The zero-order valence-electron chi connectivity index (χ0n) is 7.49. The standard InChI is InChI=1S/C8H6.2CO.Fe.NO/c1-2-4-8-6-5-7(8)3-1;2*1-2;;1-2/h1-6H;;;;/q;;;;+1. The van der Waals surface area contributed by atoms with Crippen LogP contribution in [-0.4, -0.2) is 0 Å². The van der Waals surface area contributed by atoms with Crippen molar-refractivity contribution in [2.24, 2.45) is 0 Å². The van der Waals surface area contributed by atoms with Gasteiger partial charge in [-0.15, -0.1) is 0 Å². The fourth-order valence-electron chi connectivity index (χ4n) is 0.898. The molecular formula is C10H6FeNO3+. The minimum Gasteiger partial charge on any atom is 0 e. The van der Waals surface area contributed by atoms with E-state index in [0.717, 1.165) is 0 Å². The van der Waals surface area contributed by atoms with Crippen LogP contribution in [0, 0.1) is 18.8 Å². The summed E-state index contributed by atoms with van der Waals surface area (Å²) in [4.78, 5) is 0. The van der Waals surface area contributed by atoms with Crippen LogP contribution in [0.15, 0.2) is 24.3 Å². The predicted molar refractivity (Wildman–Crippen MR) is 45.6 cm³/mol. The van der Waals surface area contributed by atoms with Gasteiger partial charge in [-0.25, -0.2) is 0 Å². The molecule has 0 bridgehead atoms. The molecule has 1 aliphatic carbocycles. The number of nitrogens with zero attached hydrogens (tertiary/aromatic N) is 1. The number of hydrogen-bond acceptors (Lipinski definition) is 1. The van der Waals surface area contributed by atoms with Crippen molar-refractivity contribution in [2.45, 2.75) is 0 Å². The van der Waals surface area contributed by atoms with Gasteiger partial charge in [-0.2, -0.15) is 0 Å². The van der Waals surface area contributed by atoms with Crippen molar-refractivity contribution in [1.82, 2.24) is 0 Å². The Morgan fingerprint density at radius 2 is 1.07 bits per heavy atom. The summed E-state index contributed by atoms with van der Waals surface area (Å²) < 4.78 is 22.2. The van der Waals surface area contributed by atoms with E-state index in [1.54, 1.807) is 0 Å². The van der Waals surface area contributed by atoms with Gasteiger partial charge in [-0.05, 0) is 11.1 Å². The number of benzene rings is 1. The van der Waals surface area contributed by atoms with Crippen LogP contribution in [0.1, 0.15) is 11.1 Å². The van der Waals surface area contributed by atoms with E-state index in [4.69, 9.17) is 19.5 Å². The molecule has 2 rings (SSSR count). The largest absolute Gasteiger partial charge is 0 e. The summed E-state index contributed by atoms with van der Waals surface area (Å²) in [5, 5.41) is 0. The van der Waals surface area contributed by atoms with Crippen molar-refractivity contribution >= 4 is 12.2 Å². The van der Waals surface area contributed by atoms with Crippen LogP contribution in [0.2, 0.25) is 0 Å². The maximum absolute atomic E-state index is 7.50. The van der Waals surface area contributed by atoms with Gasteiger partial charge in [0.15, 0.2) is 0 Å². The summed E-state index contributed by atoms with van der Waals surface area (Å²) in [6.07, 6.45) is 4.24. The first kappa shape index (κ1) is 19.2. The second-order valence-electron chi connectivity index (χ2n) is 1.96. The van der Waals surface area contributed by atoms with E-state index in [0.29, 0.717) is 0 Å². The Hall–Kier alpha value is -1.37. The van der Waals surface area contributed by atoms with Crippen LogP contribution in [0.5, 0.6) is 0 Å². The SMILES string of the molecule is C1=Cc2ccccc21.N#[O+].[C-]#[O+].[C-]#[O+].[Fe]. The minimum atomic E-state index is 0. The molecular weight excluding hydrogens is 238 g/mol. The molecule has 1 aliphatic rings. The molecule has 0 saturated carbocycles. The summed E-state index contributed by atoms with van der Waals surface area (Å²) in [5.41, 5.74) is 8.49. The molecule has 0 fully saturated rings. The quantitative estimate of drug-likeness (QED) is 0.396. The van der Waals surface area contributed by atoms with Crippen LogP contribution < -0.4 is 0 Å². The van der Waals surface area contributed by atoms with Crippen LogP contribution >= 0.6 is 0 Å². The van der Waals surface area contributed by atoms with Gasteiger partial charge in [-0.1, -0.05) is 36.4 Å². The zero-order valence-corrected chi connectivity index (χ0v) is 8.59. The molecule has 4 nitrogen and oxygen atoms in total. The molecule has 0 atom stereocenters. The van der Waals surface area contributed by atoms with E-state index in [2.05, 4.69) is 49.7 Å². The molecule has 1 aromatic rings. The van der Waals surface area contributed by atoms with E-state index in [1.165, 1.54) is 11.1 Å². The molecule has 0 heterocycles. The number of rotatable bonds is 0. The zero-order chi connectivity index (χ0) is 11.4. The monoisotopic (exact) mass is 244 g/mol. The second-order valence-corrected chi connectivity index (χ2v) is 1.96. The second kappa shape index (κ2) is 15.1. The Kier molecular flexibility index (Phi) is 19.4. The van der Waals surface area contributed by atoms with Gasteiger partial charge in [0.1, 0.15) is 0 Å². The average Bonchev–Trinajstić information content (AvgIpc) is 2.29. The Labute approximate surface area is 97.8 Å². The molecule has 5 heteroatoms. The van der Waals surface area contributed by atoms with Crippen molar-refractivity contribution in [1.29, 1.82) is 5.46 Å². The van der Waals surface area contributed by atoms with Gasteiger partial charge in [-0.3, -0.25) is 0 Å². The average molecular weight is 244 g/mol. The smallest absolute Gasteiger partial charge is 0 e. The molecule has 0 saturated heterocycles. The van der Waals surface area contributed by atoms with E-state index < -0.39 is 0 Å². The van der Waals surface area contributed by atoms with Crippen LogP contribution in [-0.2, 0) is 31.1 Å². The summed E-state index contributed by atoms with van der Waals surface area (Å²) in [6, 6.07) is 8.36. The Bertz CT molecular complexity index is 316. The Morgan fingerprint density at radius 3 is 1.20 bits per heavy atom. The molecule has 0 aliphatic heterocycles. The number of fused-ring (bicyclic) bond motifs is 1. The molecule has 1 aromatic carbocycles. The molecule has 0 unspecified atom stereocenters. The van der Waals surface area contributed by atoms with Gasteiger partial charge in [0.25, 0.3) is 0 Å². The first-order chi connectivity index (χ1) is 6.97. The molecule has 0 radical (unpaired) electrons. The summed E-state index contributed by atoms with van der Waals surface area (Å²) in [5.74, 6) is 0. The van der Waals surface area contributed by atoms with Gasteiger partial charge in [0.2, 0.25) is 0 Å². The van der Waals surface area contributed by atoms with Crippen LogP contribution in [0.25, 0.3) is 12.2 Å². The van der Waals surface area contributed by atoms with Crippen molar-refractivity contribution in [3.05, 3.63) is 48.7 Å². The van der Waals surface area contributed by atoms with Gasteiger partial charge < -0.3 is 0 Å². The predicted octanol–water partition coefficient (Wildman–Crippen LogP) is 1.99. The van der Waals surface area contributed by atoms with Gasteiger partial charge >= 0.3 is 32.8 Å². The molecule has 0 aromatic heterocycles.